The zero-order chi connectivity index (χ0) is 13.4. The monoisotopic (exact) mass is 277 g/mol. The molecule has 20 heavy (non-hydrogen) atoms. The van der Waals surface area contributed by atoms with E-state index >= 15 is 0 Å². The average molecular weight is 277 g/mol. The first-order valence-corrected chi connectivity index (χ1v) is 7.24. The van der Waals surface area contributed by atoms with Gasteiger partial charge in [-0.15, -0.1) is 11.3 Å². The van der Waals surface area contributed by atoms with Crippen LogP contribution in [0.1, 0.15) is 0 Å². The van der Waals surface area contributed by atoms with Crippen molar-refractivity contribution in [2.24, 2.45) is 0 Å². The second kappa shape index (κ2) is 4.58. The van der Waals surface area contributed by atoms with Crippen LogP contribution >= 0.6 is 11.3 Å². The van der Waals surface area contributed by atoms with E-state index in [2.05, 4.69) is 33.8 Å². The summed E-state index contributed by atoms with van der Waals surface area (Å²) in [5, 5.41) is 11.6. The summed E-state index contributed by atoms with van der Waals surface area (Å²) in [4.78, 5) is 4.71. The Hall–Kier alpha value is -2.46. The van der Waals surface area contributed by atoms with Crippen molar-refractivity contribution in [1.82, 2.24) is 15.2 Å². The molecule has 0 saturated carbocycles. The molecule has 96 valence electrons. The van der Waals surface area contributed by atoms with E-state index in [4.69, 9.17) is 4.98 Å². The molecule has 0 atom stereocenters. The zero-order valence-corrected chi connectivity index (χ0v) is 11.4. The van der Waals surface area contributed by atoms with Gasteiger partial charge in [0.15, 0.2) is 0 Å². The van der Waals surface area contributed by atoms with Crippen LogP contribution < -0.4 is 0 Å². The van der Waals surface area contributed by atoms with E-state index in [0.717, 1.165) is 32.9 Å². The molecule has 2 heterocycles. The number of benzene rings is 2. The summed E-state index contributed by atoms with van der Waals surface area (Å²) in [7, 11) is 0. The molecule has 0 spiro atoms. The first-order chi connectivity index (χ1) is 9.92. The third-order valence-electron chi connectivity index (χ3n) is 3.25. The third kappa shape index (κ3) is 1.82. The van der Waals surface area contributed by atoms with E-state index < -0.39 is 0 Å². The van der Waals surface area contributed by atoms with E-state index in [1.165, 1.54) is 0 Å². The molecule has 0 saturated heterocycles. The Balaban J connectivity index is 1.82. The van der Waals surface area contributed by atoms with Gasteiger partial charge in [0, 0.05) is 16.3 Å². The number of thiazole rings is 1. The summed E-state index contributed by atoms with van der Waals surface area (Å²) < 4.78 is 0. The normalized spacial score (nSPS) is 11.0. The molecule has 0 fully saturated rings. The molecule has 1 N–H and O–H groups in total. The van der Waals surface area contributed by atoms with E-state index in [0.29, 0.717) is 0 Å². The predicted molar refractivity (Wildman–Crippen MR) is 82.6 cm³/mol. The van der Waals surface area contributed by atoms with Gasteiger partial charge in [-0.2, -0.15) is 5.10 Å². The van der Waals surface area contributed by atoms with Gasteiger partial charge < -0.3 is 0 Å². The van der Waals surface area contributed by atoms with Crippen molar-refractivity contribution < 1.29 is 0 Å². The Labute approximate surface area is 119 Å². The molecule has 0 bridgehead atoms. The maximum absolute atomic E-state index is 4.71. The van der Waals surface area contributed by atoms with E-state index in [9.17, 15) is 0 Å². The fourth-order valence-electron chi connectivity index (χ4n) is 2.25. The molecule has 3 nitrogen and oxygen atoms in total. The summed E-state index contributed by atoms with van der Waals surface area (Å²) >= 11 is 1.62. The van der Waals surface area contributed by atoms with Crippen molar-refractivity contribution >= 4 is 22.2 Å². The summed E-state index contributed by atoms with van der Waals surface area (Å²) in [6, 6.07) is 18.3. The first-order valence-electron chi connectivity index (χ1n) is 6.36. The topological polar surface area (TPSA) is 41.6 Å². The van der Waals surface area contributed by atoms with Crippen LogP contribution in [0.15, 0.2) is 60.0 Å². The number of aromatic nitrogens is 3. The lowest BCUT2D eigenvalue weighted by Gasteiger charge is -1.94. The first kappa shape index (κ1) is 11.4. The molecule has 0 aliphatic rings. The minimum absolute atomic E-state index is 0.924. The minimum atomic E-state index is 0.924. The molecule has 2 aromatic heterocycles. The van der Waals surface area contributed by atoms with Gasteiger partial charge in [0.25, 0.3) is 0 Å². The third-order valence-corrected chi connectivity index (χ3v) is 4.10. The highest BCUT2D eigenvalue weighted by atomic mass is 32.1. The molecule has 0 unspecified atom stereocenters. The number of aromatic amines is 1. The molecular formula is C16H11N3S. The number of H-pyrrole nitrogens is 1. The standard InChI is InChI=1S/C16H11N3S/c1-2-6-11(7-3-1)14-10-20-16(17-14)15-12-8-4-5-9-13(12)18-19-15/h1-10H,(H,18,19). The van der Waals surface area contributed by atoms with Crippen molar-refractivity contribution in [3.8, 4) is 22.0 Å². The van der Waals surface area contributed by atoms with E-state index in [1.807, 2.05) is 36.4 Å². The van der Waals surface area contributed by atoms with Gasteiger partial charge in [0.05, 0.1) is 11.2 Å². The number of nitrogens with zero attached hydrogens (tertiary/aromatic N) is 2. The van der Waals surface area contributed by atoms with E-state index in [1.54, 1.807) is 11.3 Å². The molecular weight excluding hydrogens is 266 g/mol. The summed E-state index contributed by atoms with van der Waals surface area (Å²) in [5.41, 5.74) is 4.10. The van der Waals surface area contributed by atoms with Crippen molar-refractivity contribution in [1.29, 1.82) is 0 Å². The summed E-state index contributed by atoms with van der Waals surface area (Å²) in [6.45, 7) is 0. The van der Waals surface area contributed by atoms with Crippen LogP contribution in [0.25, 0.3) is 32.9 Å². The van der Waals surface area contributed by atoms with Crippen LogP contribution in [0, 0.1) is 0 Å². The Kier molecular flexibility index (Phi) is 2.60. The summed E-state index contributed by atoms with van der Waals surface area (Å²) in [5.74, 6) is 0. The maximum atomic E-state index is 4.71. The van der Waals surface area contributed by atoms with Crippen molar-refractivity contribution in [2.75, 3.05) is 0 Å². The highest BCUT2D eigenvalue weighted by molar-refractivity contribution is 7.13. The summed E-state index contributed by atoms with van der Waals surface area (Å²) in [6.07, 6.45) is 0. The van der Waals surface area contributed by atoms with E-state index in [-0.39, 0.29) is 0 Å². The number of hydrogen-bond acceptors (Lipinski definition) is 3. The largest absolute Gasteiger partial charge is 0.277 e. The zero-order valence-electron chi connectivity index (χ0n) is 10.6. The molecule has 0 amide bonds. The SMILES string of the molecule is c1ccc(-c2csc(-c3n[nH]c4ccccc34)n2)cc1. The Bertz CT molecular complexity index is 861. The Morgan fingerprint density at radius 2 is 1.70 bits per heavy atom. The predicted octanol–water partition coefficient (Wildman–Crippen LogP) is 4.35. The Morgan fingerprint density at radius 1 is 0.900 bits per heavy atom. The molecule has 0 aliphatic carbocycles. The highest BCUT2D eigenvalue weighted by Crippen LogP contribution is 2.31. The van der Waals surface area contributed by atoms with Crippen LogP contribution in [0.2, 0.25) is 0 Å². The molecule has 4 rings (SSSR count). The van der Waals surface area contributed by atoms with Crippen LogP contribution in [0.3, 0.4) is 0 Å². The van der Waals surface area contributed by atoms with Gasteiger partial charge in [0.1, 0.15) is 10.7 Å². The average Bonchev–Trinajstić information content (AvgIpc) is 3.14. The Morgan fingerprint density at radius 3 is 2.60 bits per heavy atom. The minimum Gasteiger partial charge on any atom is -0.277 e. The van der Waals surface area contributed by atoms with Crippen LogP contribution in [0.5, 0.6) is 0 Å². The fourth-order valence-corrected chi connectivity index (χ4v) is 3.08. The lowest BCUT2D eigenvalue weighted by molar-refractivity contribution is 1.12. The van der Waals surface area contributed by atoms with Gasteiger partial charge in [-0.1, -0.05) is 48.5 Å². The number of para-hydroxylation sites is 1. The number of fused-ring (bicyclic) bond motifs is 1. The van der Waals surface area contributed by atoms with Crippen molar-refractivity contribution in [3.63, 3.8) is 0 Å². The number of hydrogen-bond donors (Lipinski definition) is 1. The highest BCUT2D eigenvalue weighted by Gasteiger charge is 2.12. The van der Waals surface area contributed by atoms with Gasteiger partial charge >= 0.3 is 0 Å². The van der Waals surface area contributed by atoms with Crippen LogP contribution in [-0.2, 0) is 0 Å². The maximum Gasteiger partial charge on any atom is 0.145 e. The second-order valence-electron chi connectivity index (χ2n) is 4.52. The fraction of sp³-hybridized carbons (Fsp3) is 0. The lowest BCUT2D eigenvalue weighted by atomic mass is 10.2. The molecule has 0 aliphatic heterocycles. The van der Waals surface area contributed by atoms with Gasteiger partial charge in [-0.05, 0) is 6.07 Å². The molecule has 0 radical (unpaired) electrons. The number of rotatable bonds is 2. The van der Waals surface area contributed by atoms with Gasteiger partial charge in [0.2, 0.25) is 0 Å². The number of nitrogens with one attached hydrogen (secondary N) is 1. The lowest BCUT2D eigenvalue weighted by Crippen LogP contribution is -1.80. The van der Waals surface area contributed by atoms with Crippen LogP contribution in [-0.4, -0.2) is 15.2 Å². The van der Waals surface area contributed by atoms with Gasteiger partial charge in [-0.25, -0.2) is 4.98 Å². The second-order valence-corrected chi connectivity index (χ2v) is 5.38. The van der Waals surface area contributed by atoms with Crippen molar-refractivity contribution in [3.05, 3.63) is 60.0 Å². The van der Waals surface area contributed by atoms with Crippen LogP contribution in [0.4, 0.5) is 0 Å². The molecule has 2 aromatic carbocycles. The quantitative estimate of drug-likeness (QED) is 0.591. The molecule has 4 heteroatoms. The van der Waals surface area contributed by atoms with Crippen molar-refractivity contribution in [2.45, 2.75) is 0 Å². The molecule has 4 aromatic rings. The van der Waals surface area contributed by atoms with Gasteiger partial charge in [-0.3, -0.25) is 5.10 Å². The smallest absolute Gasteiger partial charge is 0.145 e.